The third-order valence-electron chi connectivity index (χ3n) is 5.90. The van der Waals surface area contributed by atoms with Gasteiger partial charge in [-0.25, -0.2) is 13.4 Å². The molecule has 0 spiro atoms. The number of aromatic nitrogens is 1. The van der Waals surface area contributed by atoms with E-state index in [0.29, 0.717) is 22.2 Å². The van der Waals surface area contributed by atoms with E-state index >= 15 is 0 Å². The van der Waals surface area contributed by atoms with Gasteiger partial charge in [0.1, 0.15) is 5.69 Å². The Balaban J connectivity index is 1.85. The summed E-state index contributed by atoms with van der Waals surface area (Å²) in [6.07, 6.45) is 3.19. The van der Waals surface area contributed by atoms with E-state index in [0.717, 1.165) is 36.9 Å². The summed E-state index contributed by atoms with van der Waals surface area (Å²) in [6.45, 7) is 8.56. The molecule has 3 rings (SSSR count). The van der Waals surface area contributed by atoms with Crippen LogP contribution in [0.3, 0.4) is 0 Å². The zero-order valence-electron chi connectivity index (χ0n) is 17.7. The third-order valence-corrected chi connectivity index (χ3v) is 7.84. The minimum Gasteiger partial charge on any atom is -0.334 e. The van der Waals surface area contributed by atoms with Gasteiger partial charge in [-0.2, -0.15) is 0 Å². The molecule has 156 valence electrons. The maximum Gasteiger partial charge on any atom is 0.272 e. The van der Waals surface area contributed by atoms with E-state index in [-0.39, 0.29) is 17.7 Å². The summed E-state index contributed by atoms with van der Waals surface area (Å²) in [6, 6.07) is 10.7. The Kier molecular flexibility index (Phi) is 6.42. The number of hydrogen-bond donors (Lipinski definition) is 0. The Bertz CT molecular complexity index is 981. The van der Waals surface area contributed by atoms with Crippen LogP contribution in [0, 0.1) is 19.8 Å². The molecule has 0 aliphatic carbocycles. The van der Waals surface area contributed by atoms with Crippen LogP contribution in [-0.4, -0.2) is 36.8 Å². The second-order valence-corrected chi connectivity index (χ2v) is 10.1. The summed E-state index contributed by atoms with van der Waals surface area (Å²) in [5.74, 6) is 0.192. The number of carbonyl (C=O) groups excluding carboxylic acids is 1. The van der Waals surface area contributed by atoms with Crippen molar-refractivity contribution in [3.8, 4) is 0 Å². The summed E-state index contributed by atoms with van der Waals surface area (Å²) in [5.41, 5.74) is 2.17. The fraction of sp³-hybridized carbons (Fsp3) is 0.478. The van der Waals surface area contributed by atoms with Crippen molar-refractivity contribution in [2.45, 2.75) is 63.6 Å². The number of pyridine rings is 1. The van der Waals surface area contributed by atoms with Crippen LogP contribution in [0.2, 0.25) is 0 Å². The van der Waals surface area contributed by atoms with E-state index < -0.39 is 9.84 Å². The lowest BCUT2D eigenvalue weighted by Gasteiger charge is -2.37. The van der Waals surface area contributed by atoms with Crippen molar-refractivity contribution < 1.29 is 13.2 Å². The zero-order chi connectivity index (χ0) is 21.2. The molecule has 0 bridgehead atoms. The molecule has 1 aliphatic rings. The van der Waals surface area contributed by atoms with E-state index in [9.17, 15) is 13.2 Å². The molecule has 0 N–H and O–H groups in total. The number of amides is 1. The van der Waals surface area contributed by atoms with E-state index in [2.05, 4.69) is 18.8 Å². The monoisotopic (exact) mass is 414 g/mol. The predicted molar refractivity (Wildman–Crippen MR) is 115 cm³/mol. The Morgan fingerprint density at radius 3 is 2.41 bits per heavy atom. The van der Waals surface area contributed by atoms with Gasteiger partial charge in [0.15, 0.2) is 9.84 Å². The lowest BCUT2D eigenvalue weighted by molar-refractivity contribution is 0.0550. The van der Waals surface area contributed by atoms with Gasteiger partial charge in [-0.1, -0.05) is 37.6 Å². The molecule has 0 saturated carbocycles. The number of sulfone groups is 1. The predicted octanol–water partition coefficient (Wildman–Crippen LogP) is 4.32. The summed E-state index contributed by atoms with van der Waals surface area (Å²) in [7, 11) is -3.55. The number of piperidine rings is 1. The van der Waals surface area contributed by atoms with Crippen molar-refractivity contribution in [1.82, 2.24) is 9.88 Å². The maximum absolute atomic E-state index is 13.1. The van der Waals surface area contributed by atoms with E-state index in [4.69, 9.17) is 0 Å². The molecular weight excluding hydrogens is 384 g/mol. The van der Waals surface area contributed by atoms with E-state index in [1.165, 1.54) is 0 Å². The molecule has 1 amide bonds. The molecule has 2 aromatic rings. The van der Waals surface area contributed by atoms with Gasteiger partial charge in [0.05, 0.1) is 16.3 Å². The van der Waals surface area contributed by atoms with E-state index in [1.54, 1.807) is 44.2 Å². The number of aryl methyl sites for hydroxylation is 2. The highest BCUT2D eigenvalue weighted by Gasteiger charge is 2.30. The number of nitrogens with zero attached hydrogens (tertiary/aromatic N) is 2. The third kappa shape index (κ3) is 4.69. The molecular formula is C23H30N2O3S. The van der Waals surface area contributed by atoms with Gasteiger partial charge in [-0.15, -0.1) is 0 Å². The first-order valence-corrected chi connectivity index (χ1v) is 11.9. The van der Waals surface area contributed by atoms with Gasteiger partial charge < -0.3 is 4.90 Å². The molecule has 2 unspecified atom stereocenters. The van der Waals surface area contributed by atoms with E-state index in [1.807, 2.05) is 11.0 Å². The molecule has 2 heterocycles. The second kappa shape index (κ2) is 8.66. The second-order valence-electron chi connectivity index (χ2n) is 8.15. The smallest absolute Gasteiger partial charge is 0.272 e. The minimum atomic E-state index is -3.55. The quantitative estimate of drug-likeness (QED) is 0.731. The molecule has 0 radical (unpaired) electrons. The Hall–Kier alpha value is -2.21. The van der Waals surface area contributed by atoms with Gasteiger partial charge in [0.25, 0.3) is 5.91 Å². The van der Waals surface area contributed by atoms with Gasteiger partial charge in [0.2, 0.25) is 0 Å². The summed E-state index contributed by atoms with van der Waals surface area (Å²) in [4.78, 5) is 19.8. The fourth-order valence-corrected chi connectivity index (χ4v) is 5.99. The lowest BCUT2D eigenvalue weighted by Crippen LogP contribution is -2.45. The molecule has 1 aromatic carbocycles. The van der Waals surface area contributed by atoms with Crippen molar-refractivity contribution in [1.29, 1.82) is 0 Å². The van der Waals surface area contributed by atoms with Crippen LogP contribution in [-0.2, 0) is 15.6 Å². The van der Waals surface area contributed by atoms with Crippen molar-refractivity contribution in [2.24, 2.45) is 5.92 Å². The normalized spacial score (nSPS) is 19.9. The first-order valence-electron chi connectivity index (χ1n) is 10.3. The molecule has 1 fully saturated rings. The Labute approximate surface area is 174 Å². The van der Waals surface area contributed by atoms with Crippen LogP contribution >= 0.6 is 0 Å². The molecule has 1 saturated heterocycles. The molecule has 2 atom stereocenters. The molecule has 5 nitrogen and oxygen atoms in total. The van der Waals surface area contributed by atoms with Crippen LogP contribution in [0.25, 0.3) is 0 Å². The first-order chi connectivity index (χ1) is 13.7. The first kappa shape index (κ1) is 21.5. The lowest BCUT2D eigenvalue weighted by atomic mass is 9.91. The highest BCUT2D eigenvalue weighted by Crippen LogP contribution is 2.26. The van der Waals surface area contributed by atoms with Crippen LogP contribution in [0.15, 0.2) is 41.3 Å². The van der Waals surface area contributed by atoms with Crippen molar-refractivity contribution in [3.63, 3.8) is 0 Å². The average Bonchev–Trinajstić information content (AvgIpc) is 2.67. The number of hydrogen-bond acceptors (Lipinski definition) is 4. The SMILES string of the molecule is CCC1CCC(C)N(C(=O)c2cccc(CS(=O)(=O)c3c(C)cccc3C)n2)C1. The highest BCUT2D eigenvalue weighted by atomic mass is 32.2. The van der Waals surface area contributed by atoms with Crippen molar-refractivity contribution >= 4 is 15.7 Å². The topological polar surface area (TPSA) is 67.3 Å². The van der Waals surface area contributed by atoms with Gasteiger partial charge in [0, 0.05) is 12.6 Å². The molecule has 6 heteroatoms. The maximum atomic E-state index is 13.1. The Morgan fingerprint density at radius 1 is 1.10 bits per heavy atom. The van der Waals surface area contributed by atoms with Crippen molar-refractivity contribution in [3.05, 3.63) is 58.9 Å². The van der Waals surface area contributed by atoms with Crippen LogP contribution in [0.1, 0.15) is 60.4 Å². The van der Waals surface area contributed by atoms with Crippen LogP contribution in [0.4, 0.5) is 0 Å². The zero-order valence-corrected chi connectivity index (χ0v) is 18.5. The largest absolute Gasteiger partial charge is 0.334 e. The van der Waals surface area contributed by atoms with Crippen LogP contribution in [0.5, 0.6) is 0 Å². The molecule has 29 heavy (non-hydrogen) atoms. The number of benzene rings is 1. The molecule has 1 aliphatic heterocycles. The van der Waals surface area contributed by atoms with Gasteiger partial charge in [-0.3, -0.25) is 4.79 Å². The highest BCUT2D eigenvalue weighted by molar-refractivity contribution is 7.90. The summed E-state index contributed by atoms with van der Waals surface area (Å²) < 4.78 is 26.0. The summed E-state index contributed by atoms with van der Waals surface area (Å²) >= 11 is 0. The fourth-order valence-electron chi connectivity index (χ4n) is 4.18. The minimum absolute atomic E-state index is 0.109. The van der Waals surface area contributed by atoms with Crippen LogP contribution < -0.4 is 0 Å². The molecule has 1 aromatic heterocycles. The van der Waals surface area contributed by atoms with Gasteiger partial charge in [-0.05, 0) is 62.8 Å². The number of likely N-dealkylation sites (tertiary alicyclic amines) is 1. The Morgan fingerprint density at radius 2 is 1.76 bits per heavy atom. The van der Waals surface area contributed by atoms with Crippen molar-refractivity contribution in [2.75, 3.05) is 6.54 Å². The number of rotatable bonds is 5. The standard InChI is InChI=1S/C23H30N2O3S/c1-5-19-13-12-18(4)25(14-19)23(26)21-11-7-10-20(24-21)15-29(27,28)22-16(2)8-6-9-17(22)3/h6-11,18-19H,5,12-15H2,1-4H3. The van der Waals surface area contributed by atoms with Gasteiger partial charge >= 0.3 is 0 Å². The number of carbonyl (C=O) groups is 1. The summed E-state index contributed by atoms with van der Waals surface area (Å²) in [5, 5.41) is 0. The average molecular weight is 415 g/mol.